The normalized spacial score (nSPS) is 19.4. The first kappa shape index (κ1) is 17.2. The molecule has 0 radical (unpaired) electrons. The zero-order valence-corrected chi connectivity index (χ0v) is 16.0. The van der Waals surface area contributed by atoms with Gasteiger partial charge < -0.3 is 4.52 Å². The Kier molecular flexibility index (Phi) is 4.32. The number of amides is 1. The van der Waals surface area contributed by atoms with E-state index in [4.69, 9.17) is 4.52 Å². The van der Waals surface area contributed by atoms with Crippen LogP contribution in [-0.2, 0) is 20.6 Å². The lowest BCUT2D eigenvalue weighted by Crippen LogP contribution is -2.33. The lowest BCUT2D eigenvalue weighted by Gasteiger charge is -2.06. The number of nitrogens with zero attached hydrogens (tertiary/aromatic N) is 1. The number of hydrogen-bond acceptors (Lipinski definition) is 5. The topological polar surface area (TPSA) is 89.3 Å². The Balaban J connectivity index is 1.43. The summed E-state index contributed by atoms with van der Waals surface area (Å²) in [5.74, 6) is -1.12. The molecule has 2 aromatic carbocycles. The first-order valence-electron chi connectivity index (χ1n) is 8.06. The van der Waals surface area contributed by atoms with Crippen LogP contribution < -0.4 is 4.72 Å². The van der Waals surface area contributed by atoms with Crippen molar-refractivity contribution in [1.82, 2.24) is 9.88 Å². The standard InChI is InChI=1S/C18H15BrN2O4S/c19-12-7-5-11(6-8-12)14-9-15(14)18(22)21-26(23,24)10-16-13-3-1-2-4-17(13)25-20-16/h1-8,14-15H,9-10H2,(H,21,22)/t14-,15+/m0/s1. The second-order valence-electron chi connectivity index (χ2n) is 6.35. The van der Waals surface area contributed by atoms with Crippen molar-refractivity contribution in [3.05, 3.63) is 64.3 Å². The highest BCUT2D eigenvalue weighted by Gasteiger charge is 2.45. The van der Waals surface area contributed by atoms with Crippen LogP contribution in [0.4, 0.5) is 0 Å². The molecule has 4 rings (SSSR count). The van der Waals surface area contributed by atoms with E-state index in [0.717, 1.165) is 10.0 Å². The summed E-state index contributed by atoms with van der Waals surface area (Å²) in [6.07, 6.45) is 0.649. The fourth-order valence-corrected chi connectivity index (χ4v) is 4.41. The van der Waals surface area contributed by atoms with Crippen molar-refractivity contribution in [2.75, 3.05) is 0 Å². The van der Waals surface area contributed by atoms with Gasteiger partial charge >= 0.3 is 0 Å². The maximum absolute atomic E-state index is 12.4. The second kappa shape index (κ2) is 6.51. The van der Waals surface area contributed by atoms with Gasteiger partial charge in [-0.2, -0.15) is 0 Å². The fourth-order valence-electron chi connectivity index (χ4n) is 3.05. The number of para-hydroxylation sites is 1. The van der Waals surface area contributed by atoms with Crippen LogP contribution in [0.5, 0.6) is 0 Å². The summed E-state index contributed by atoms with van der Waals surface area (Å²) in [6.45, 7) is 0. The molecule has 0 bridgehead atoms. The molecule has 0 spiro atoms. The van der Waals surface area contributed by atoms with Gasteiger partial charge in [0.25, 0.3) is 0 Å². The SMILES string of the molecule is O=C(NS(=O)(=O)Cc1noc2ccccc12)[C@@H]1C[C@H]1c1ccc(Br)cc1. The summed E-state index contributed by atoms with van der Waals surface area (Å²) in [6, 6.07) is 14.7. The summed E-state index contributed by atoms with van der Waals surface area (Å²) in [5, 5.41) is 4.44. The van der Waals surface area contributed by atoms with Gasteiger partial charge in [0.05, 0.1) is 0 Å². The largest absolute Gasteiger partial charge is 0.356 e. The summed E-state index contributed by atoms with van der Waals surface area (Å²) >= 11 is 3.37. The predicted octanol–water partition coefficient (Wildman–Crippen LogP) is 3.34. The van der Waals surface area contributed by atoms with Gasteiger partial charge in [0.15, 0.2) is 5.58 Å². The lowest BCUT2D eigenvalue weighted by atomic mass is 10.1. The second-order valence-corrected chi connectivity index (χ2v) is 8.99. The number of halogens is 1. The molecule has 1 aromatic heterocycles. The molecule has 3 aromatic rings. The van der Waals surface area contributed by atoms with E-state index in [9.17, 15) is 13.2 Å². The van der Waals surface area contributed by atoms with E-state index in [1.54, 1.807) is 24.3 Å². The van der Waals surface area contributed by atoms with Crippen molar-refractivity contribution in [3.63, 3.8) is 0 Å². The molecule has 0 unspecified atom stereocenters. The number of rotatable bonds is 5. The molecule has 26 heavy (non-hydrogen) atoms. The molecule has 8 heteroatoms. The molecule has 1 aliphatic carbocycles. The number of carbonyl (C=O) groups is 1. The van der Waals surface area contributed by atoms with Gasteiger partial charge in [0, 0.05) is 15.8 Å². The van der Waals surface area contributed by atoms with E-state index >= 15 is 0 Å². The van der Waals surface area contributed by atoms with E-state index in [1.165, 1.54) is 0 Å². The molecule has 1 heterocycles. The van der Waals surface area contributed by atoms with Crippen LogP contribution in [0.1, 0.15) is 23.6 Å². The van der Waals surface area contributed by atoms with Crippen LogP contribution in [0.15, 0.2) is 57.5 Å². The highest BCUT2D eigenvalue weighted by atomic mass is 79.9. The number of sulfonamides is 1. The Bertz CT molecular complexity index is 1080. The first-order chi connectivity index (χ1) is 12.4. The number of fused-ring (bicyclic) bond motifs is 1. The molecule has 6 nitrogen and oxygen atoms in total. The molecule has 0 saturated heterocycles. The van der Waals surface area contributed by atoms with Gasteiger partial charge in [-0.15, -0.1) is 0 Å². The van der Waals surface area contributed by atoms with E-state index in [0.29, 0.717) is 23.1 Å². The minimum absolute atomic E-state index is 0.0613. The number of hydrogen-bond donors (Lipinski definition) is 1. The van der Waals surface area contributed by atoms with Crippen LogP contribution in [0.2, 0.25) is 0 Å². The number of nitrogens with one attached hydrogen (secondary N) is 1. The van der Waals surface area contributed by atoms with Gasteiger partial charge in [-0.1, -0.05) is 45.4 Å². The number of benzene rings is 2. The quantitative estimate of drug-likeness (QED) is 0.664. The maximum atomic E-state index is 12.4. The van der Waals surface area contributed by atoms with Crippen LogP contribution in [0.3, 0.4) is 0 Å². The van der Waals surface area contributed by atoms with Crippen molar-refractivity contribution >= 4 is 42.8 Å². The zero-order chi connectivity index (χ0) is 18.3. The molecule has 2 atom stereocenters. The van der Waals surface area contributed by atoms with Gasteiger partial charge in [-0.3, -0.25) is 9.52 Å². The molecule has 1 saturated carbocycles. The molecule has 1 amide bonds. The van der Waals surface area contributed by atoms with Crippen molar-refractivity contribution < 1.29 is 17.7 Å². The number of aromatic nitrogens is 1. The first-order valence-corrected chi connectivity index (χ1v) is 10.5. The zero-order valence-electron chi connectivity index (χ0n) is 13.6. The Morgan fingerprint density at radius 2 is 1.92 bits per heavy atom. The van der Waals surface area contributed by atoms with Crippen molar-refractivity contribution in [1.29, 1.82) is 0 Å². The van der Waals surface area contributed by atoms with Crippen LogP contribution in [0.25, 0.3) is 11.0 Å². The Labute approximate surface area is 158 Å². The summed E-state index contributed by atoms with van der Waals surface area (Å²) < 4.78 is 33.0. The maximum Gasteiger partial charge on any atom is 0.240 e. The summed E-state index contributed by atoms with van der Waals surface area (Å²) in [7, 11) is -3.84. The summed E-state index contributed by atoms with van der Waals surface area (Å²) in [4.78, 5) is 12.3. The molecule has 0 aliphatic heterocycles. The summed E-state index contributed by atoms with van der Waals surface area (Å²) in [5.41, 5.74) is 1.84. The van der Waals surface area contributed by atoms with Crippen molar-refractivity contribution in [2.45, 2.75) is 18.1 Å². The lowest BCUT2D eigenvalue weighted by molar-refractivity contribution is -0.120. The van der Waals surface area contributed by atoms with Crippen LogP contribution in [-0.4, -0.2) is 19.5 Å². The molecule has 1 N–H and O–H groups in total. The molecule has 1 aliphatic rings. The molecular weight excluding hydrogens is 420 g/mol. The van der Waals surface area contributed by atoms with Crippen molar-refractivity contribution in [3.8, 4) is 0 Å². The minimum atomic E-state index is -3.84. The fraction of sp³-hybridized carbons (Fsp3) is 0.222. The Hall–Kier alpha value is -2.19. The van der Waals surface area contributed by atoms with E-state index in [1.807, 2.05) is 24.3 Å². The smallest absolute Gasteiger partial charge is 0.240 e. The third-order valence-corrected chi connectivity index (χ3v) is 6.15. The van der Waals surface area contributed by atoms with Gasteiger partial charge in [0.2, 0.25) is 15.9 Å². The highest BCUT2D eigenvalue weighted by molar-refractivity contribution is 9.10. The third-order valence-electron chi connectivity index (χ3n) is 4.46. The molecule has 134 valence electrons. The third kappa shape index (κ3) is 3.52. The van der Waals surface area contributed by atoms with Crippen LogP contribution in [0, 0.1) is 5.92 Å². The monoisotopic (exact) mass is 434 g/mol. The Morgan fingerprint density at radius 3 is 2.69 bits per heavy atom. The van der Waals surface area contributed by atoms with Gasteiger partial charge in [-0.25, -0.2) is 8.42 Å². The highest BCUT2D eigenvalue weighted by Crippen LogP contribution is 2.47. The van der Waals surface area contributed by atoms with Crippen LogP contribution >= 0.6 is 15.9 Å². The average molecular weight is 435 g/mol. The minimum Gasteiger partial charge on any atom is -0.356 e. The van der Waals surface area contributed by atoms with E-state index in [-0.39, 0.29) is 11.8 Å². The average Bonchev–Trinajstić information content (AvgIpc) is 3.31. The predicted molar refractivity (Wildman–Crippen MR) is 99.8 cm³/mol. The van der Waals surface area contributed by atoms with Gasteiger partial charge in [0.1, 0.15) is 11.4 Å². The van der Waals surface area contributed by atoms with Gasteiger partial charge in [-0.05, 0) is 42.2 Å². The van der Waals surface area contributed by atoms with Crippen molar-refractivity contribution in [2.24, 2.45) is 5.92 Å². The number of carbonyl (C=O) groups excluding carboxylic acids is 1. The Morgan fingerprint density at radius 1 is 1.19 bits per heavy atom. The molecule has 1 fully saturated rings. The van der Waals surface area contributed by atoms with E-state index in [2.05, 4.69) is 25.8 Å². The van der Waals surface area contributed by atoms with E-state index < -0.39 is 21.7 Å². The molecular formula is C18H15BrN2O4S.